The lowest BCUT2D eigenvalue weighted by Crippen LogP contribution is -2.38. The zero-order valence-electron chi connectivity index (χ0n) is 14.9. The number of nitrogens with zero attached hydrogens (tertiary/aromatic N) is 4. The van der Waals surface area contributed by atoms with Crippen molar-refractivity contribution in [1.82, 2.24) is 19.1 Å². The van der Waals surface area contributed by atoms with Crippen molar-refractivity contribution < 1.29 is 9.53 Å². The van der Waals surface area contributed by atoms with E-state index >= 15 is 0 Å². The quantitative estimate of drug-likeness (QED) is 0.651. The minimum Gasteiger partial charge on any atom is -0.456 e. The first-order chi connectivity index (χ1) is 12.3. The van der Waals surface area contributed by atoms with Crippen LogP contribution in [0.4, 0.5) is 0 Å². The molecule has 3 aromatic rings. The third-order valence-electron chi connectivity index (χ3n) is 4.29. The largest absolute Gasteiger partial charge is 0.456 e. The monoisotopic (exact) mass is 354 g/mol. The molecule has 0 N–H and O–H groups in total. The van der Waals surface area contributed by atoms with Crippen LogP contribution < -0.4 is 11.2 Å². The summed E-state index contributed by atoms with van der Waals surface area (Å²) < 4.78 is 7.51. The molecule has 0 saturated heterocycles. The van der Waals surface area contributed by atoms with E-state index in [1.807, 2.05) is 13.8 Å². The fourth-order valence-corrected chi connectivity index (χ4v) is 2.50. The molecule has 134 valence electrons. The Morgan fingerprint density at radius 2 is 1.65 bits per heavy atom. The standard InChI is InChI=1S/C18H18N4O4/c1-10-11(2)20-15-7-12(5-6-14(15)19-10)17(24)26-9-13-8-16(23)22(4)18(25)21(13)3/h5-8H,9H2,1-4H3. The first kappa shape index (κ1) is 17.5. The summed E-state index contributed by atoms with van der Waals surface area (Å²) in [6, 6.07) is 6.20. The van der Waals surface area contributed by atoms with Crippen molar-refractivity contribution in [3.05, 3.63) is 67.7 Å². The lowest BCUT2D eigenvalue weighted by atomic mass is 10.2. The van der Waals surface area contributed by atoms with Crippen molar-refractivity contribution in [3.8, 4) is 0 Å². The topological polar surface area (TPSA) is 96.1 Å². The molecule has 3 rings (SSSR count). The molecule has 0 radical (unpaired) electrons. The highest BCUT2D eigenvalue weighted by molar-refractivity contribution is 5.93. The number of aryl methyl sites for hydroxylation is 2. The lowest BCUT2D eigenvalue weighted by molar-refractivity contribution is 0.0463. The lowest BCUT2D eigenvalue weighted by Gasteiger charge is -2.10. The Balaban J connectivity index is 1.85. The molecule has 1 aromatic carbocycles. The maximum Gasteiger partial charge on any atom is 0.338 e. The van der Waals surface area contributed by atoms with E-state index in [1.54, 1.807) is 18.2 Å². The molecule has 0 spiro atoms. The van der Waals surface area contributed by atoms with E-state index in [0.717, 1.165) is 16.0 Å². The van der Waals surface area contributed by atoms with Crippen molar-refractivity contribution in [1.29, 1.82) is 0 Å². The molecular formula is C18H18N4O4. The Morgan fingerprint density at radius 3 is 2.35 bits per heavy atom. The minimum absolute atomic E-state index is 0.183. The summed E-state index contributed by atoms with van der Waals surface area (Å²) in [6.07, 6.45) is 0. The molecule has 8 nitrogen and oxygen atoms in total. The summed E-state index contributed by atoms with van der Waals surface area (Å²) in [5, 5.41) is 0. The fraction of sp³-hybridized carbons (Fsp3) is 0.278. The number of benzene rings is 1. The molecule has 0 bridgehead atoms. The molecule has 0 amide bonds. The van der Waals surface area contributed by atoms with Gasteiger partial charge in [0.25, 0.3) is 5.56 Å². The van der Waals surface area contributed by atoms with Crippen LogP contribution in [0.3, 0.4) is 0 Å². The molecule has 0 saturated carbocycles. The Bertz CT molecular complexity index is 1140. The smallest absolute Gasteiger partial charge is 0.338 e. The molecule has 2 aromatic heterocycles. The van der Waals surface area contributed by atoms with Gasteiger partial charge >= 0.3 is 11.7 Å². The van der Waals surface area contributed by atoms with Crippen molar-refractivity contribution in [2.75, 3.05) is 0 Å². The molecule has 0 aliphatic rings. The molecular weight excluding hydrogens is 336 g/mol. The van der Waals surface area contributed by atoms with Gasteiger partial charge in [-0.05, 0) is 32.0 Å². The van der Waals surface area contributed by atoms with Gasteiger partial charge in [0.1, 0.15) is 6.61 Å². The van der Waals surface area contributed by atoms with Crippen LogP contribution in [0.2, 0.25) is 0 Å². The van der Waals surface area contributed by atoms with Crippen LogP contribution in [0.25, 0.3) is 11.0 Å². The second kappa shape index (κ2) is 6.55. The van der Waals surface area contributed by atoms with Gasteiger partial charge in [-0.2, -0.15) is 0 Å². The number of rotatable bonds is 3. The normalized spacial score (nSPS) is 10.9. The van der Waals surface area contributed by atoms with E-state index in [9.17, 15) is 14.4 Å². The summed E-state index contributed by atoms with van der Waals surface area (Å²) in [7, 11) is 2.90. The number of carbonyl (C=O) groups is 1. The summed E-state index contributed by atoms with van der Waals surface area (Å²) >= 11 is 0. The SMILES string of the molecule is Cc1nc2ccc(C(=O)OCc3cc(=O)n(C)c(=O)n3C)cc2nc1C. The van der Waals surface area contributed by atoms with E-state index in [-0.39, 0.29) is 6.61 Å². The second-order valence-electron chi connectivity index (χ2n) is 6.05. The third kappa shape index (κ3) is 3.13. The maximum atomic E-state index is 12.3. The molecule has 0 atom stereocenters. The summed E-state index contributed by atoms with van der Waals surface area (Å²) in [5.41, 5.74) is 2.63. The van der Waals surface area contributed by atoms with Gasteiger partial charge in [0.2, 0.25) is 0 Å². The molecule has 0 unspecified atom stereocenters. The van der Waals surface area contributed by atoms with E-state index in [1.165, 1.54) is 24.7 Å². The molecule has 2 heterocycles. The zero-order chi connectivity index (χ0) is 19.0. The van der Waals surface area contributed by atoms with Crippen LogP contribution in [-0.4, -0.2) is 25.1 Å². The zero-order valence-corrected chi connectivity index (χ0v) is 14.9. The van der Waals surface area contributed by atoms with Gasteiger partial charge in [-0.3, -0.25) is 13.9 Å². The van der Waals surface area contributed by atoms with Gasteiger partial charge in [0.05, 0.1) is 33.7 Å². The Labute approximate surface area is 148 Å². The number of fused-ring (bicyclic) bond motifs is 1. The van der Waals surface area contributed by atoms with Gasteiger partial charge in [0.15, 0.2) is 0 Å². The highest BCUT2D eigenvalue weighted by atomic mass is 16.5. The van der Waals surface area contributed by atoms with Crippen LogP contribution in [-0.2, 0) is 25.4 Å². The summed E-state index contributed by atoms with van der Waals surface area (Å²) in [5.74, 6) is -0.569. The highest BCUT2D eigenvalue weighted by Crippen LogP contribution is 2.15. The van der Waals surface area contributed by atoms with E-state index in [4.69, 9.17) is 4.74 Å². The van der Waals surface area contributed by atoms with Crippen LogP contribution >= 0.6 is 0 Å². The number of ether oxygens (including phenoxy) is 1. The first-order valence-electron chi connectivity index (χ1n) is 7.96. The van der Waals surface area contributed by atoms with Gasteiger partial charge in [-0.15, -0.1) is 0 Å². The van der Waals surface area contributed by atoms with E-state index < -0.39 is 17.2 Å². The summed E-state index contributed by atoms with van der Waals surface area (Å²) in [4.78, 5) is 44.8. The van der Waals surface area contributed by atoms with Crippen molar-refractivity contribution >= 4 is 17.0 Å². The average molecular weight is 354 g/mol. The van der Waals surface area contributed by atoms with Crippen LogP contribution in [0.1, 0.15) is 27.4 Å². The molecule has 0 aliphatic carbocycles. The number of hydrogen-bond donors (Lipinski definition) is 0. The Hall–Kier alpha value is -3.29. The van der Waals surface area contributed by atoms with Gasteiger partial charge in [-0.1, -0.05) is 0 Å². The number of esters is 1. The Kier molecular flexibility index (Phi) is 4.41. The molecule has 0 aliphatic heterocycles. The first-order valence-corrected chi connectivity index (χ1v) is 7.96. The third-order valence-corrected chi connectivity index (χ3v) is 4.29. The predicted molar refractivity (Wildman–Crippen MR) is 95.1 cm³/mol. The van der Waals surface area contributed by atoms with Crippen molar-refractivity contribution in [2.24, 2.45) is 14.1 Å². The molecule has 26 heavy (non-hydrogen) atoms. The van der Waals surface area contributed by atoms with E-state index in [0.29, 0.717) is 22.3 Å². The molecule has 0 fully saturated rings. The number of hydrogen-bond acceptors (Lipinski definition) is 6. The highest BCUT2D eigenvalue weighted by Gasteiger charge is 2.12. The van der Waals surface area contributed by atoms with Gasteiger partial charge in [0, 0.05) is 20.2 Å². The predicted octanol–water partition coefficient (Wildman–Crippen LogP) is 1.00. The van der Waals surface area contributed by atoms with Crippen molar-refractivity contribution in [2.45, 2.75) is 20.5 Å². The second-order valence-corrected chi connectivity index (χ2v) is 6.05. The van der Waals surface area contributed by atoms with Crippen LogP contribution in [0, 0.1) is 13.8 Å². The fourth-order valence-electron chi connectivity index (χ4n) is 2.50. The summed E-state index contributed by atoms with van der Waals surface area (Å²) in [6.45, 7) is 3.54. The number of carbonyl (C=O) groups excluding carboxylic acids is 1. The van der Waals surface area contributed by atoms with Crippen LogP contribution in [0.15, 0.2) is 33.9 Å². The number of aromatic nitrogens is 4. The van der Waals surface area contributed by atoms with Gasteiger partial charge in [-0.25, -0.2) is 19.6 Å². The Morgan fingerprint density at radius 1 is 1.00 bits per heavy atom. The maximum absolute atomic E-state index is 12.3. The van der Waals surface area contributed by atoms with Crippen LogP contribution in [0.5, 0.6) is 0 Å². The minimum atomic E-state index is -0.569. The molecule has 8 heteroatoms. The average Bonchev–Trinajstić information content (AvgIpc) is 2.62. The van der Waals surface area contributed by atoms with Gasteiger partial charge < -0.3 is 4.74 Å². The van der Waals surface area contributed by atoms with E-state index in [2.05, 4.69) is 9.97 Å². The van der Waals surface area contributed by atoms with Crippen molar-refractivity contribution in [3.63, 3.8) is 0 Å².